The Balaban J connectivity index is 1.88. The van der Waals surface area contributed by atoms with Crippen molar-refractivity contribution in [3.63, 3.8) is 0 Å². The number of rotatable bonds is 4. The summed E-state index contributed by atoms with van der Waals surface area (Å²) in [4.78, 5) is 2.50. The van der Waals surface area contributed by atoms with E-state index in [1.165, 1.54) is 16.7 Å². The van der Waals surface area contributed by atoms with Gasteiger partial charge in [0.05, 0.1) is 6.10 Å². The Morgan fingerprint density at radius 2 is 1.58 bits per heavy atom. The van der Waals surface area contributed by atoms with Gasteiger partial charge in [-0.25, -0.2) is 0 Å². The highest BCUT2D eigenvalue weighted by atomic mass is 16.3. The number of aliphatic hydroxyl groups is 1. The monoisotopic (exact) mass is 323 g/mol. The lowest BCUT2D eigenvalue weighted by Crippen LogP contribution is -2.41. The second-order valence-electron chi connectivity index (χ2n) is 7.22. The number of likely N-dealkylation sites (N-methyl/N-ethyl adjacent to an activating group) is 1. The summed E-state index contributed by atoms with van der Waals surface area (Å²) < 4.78 is 0. The number of piperidine rings is 1. The van der Waals surface area contributed by atoms with E-state index in [1.807, 2.05) is 0 Å². The zero-order valence-electron chi connectivity index (χ0n) is 15.1. The van der Waals surface area contributed by atoms with E-state index < -0.39 is 6.10 Å². The quantitative estimate of drug-likeness (QED) is 0.898. The van der Waals surface area contributed by atoms with E-state index in [1.54, 1.807) is 0 Å². The summed E-state index contributed by atoms with van der Waals surface area (Å²) >= 11 is 0. The number of likely N-dealkylation sites (tertiary alicyclic amines) is 1. The Morgan fingerprint density at radius 1 is 1.00 bits per heavy atom. The molecule has 1 aliphatic heterocycles. The molecule has 0 aromatic heterocycles. The van der Waals surface area contributed by atoms with Crippen LogP contribution in [0.1, 0.15) is 47.6 Å². The van der Waals surface area contributed by atoms with Crippen molar-refractivity contribution in [2.24, 2.45) is 5.92 Å². The predicted molar refractivity (Wildman–Crippen MR) is 100 cm³/mol. The fourth-order valence-corrected chi connectivity index (χ4v) is 3.88. The van der Waals surface area contributed by atoms with Crippen molar-refractivity contribution in [3.05, 3.63) is 70.8 Å². The van der Waals surface area contributed by atoms with E-state index >= 15 is 0 Å². The molecule has 1 aliphatic rings. The van der Waals surface area contributed by atoms with Crippen molar-refractivity contribution in [2.75, 3.05) is 19.6 Å². The highest BCUT2D eigenvalue weighted by Crippen LogP contribution is 2.40. The van der Waals surface area contributed by atoms with Crippen LogP contribution in [-0.4, -0.2) is 29.6 Å². The van der Waals surface area contributed by atoms with Gasteiger partial charge in [-0.1, -0.05) is 66.6 Å². The van der Waals surface area contributed by atoms with Crippen molar-refractivity contribution in [3.8, 4) is 0 Å². The van der Waals surface area contributed by atoms with Crippen molar-refractivity contribution >= 4 is 0 Å². The average molecular weight is 323 g/mol. The molecule has 2 aromatic carbocycles. The lowest BCUT2D eigenvalue weighted by atomic mass is 9.75. The van der Waals surface area contributed by atoms with E-state index in [0.717, 1.165) is 31.6 Å². The molecular formula is C22H29NO. The molecule has 128 valence electrons. The van der Waals surface area contributed by atoms with Crippen molar-refractivity contribution in [1.29, 1.82) is 0 Å². The first-order chi connectivity index (χ1) is 11.6. The van der Waals surface area contributed by atoms with Gasteiger partial charge in [-0.2, -0.15) is 0 Å². The van der Waals surface area contributed by atoms with E-state index in [-0.39, 0.29) is 5.92 Å². The molecule has 1 N–H and O–H groups in total. The molecule has 2 nitrogen and oxygen atoms in total. The van der Waals surface area contributed by atoms with Crippen LogP contribution in [0, 0.1) is 19.8 Å². The molecule has 1 fully saturated rings. The number of nitrogens with zero attached hydrogens (tertiary/aromatic N) is 1. The number of hydrogen-bond acceptors (Lipinski definition) is 2. The maximum Gasteiger partial charge on any atom is 0.0825 e. The molecule has 1 heterocycles. The molecule has 24 heavy (non-hydrogen) atoms. The third kappa shape index (κ3) is 3.71. The zero-order chi connectivity index (χ0) is 17.1. The van der Waals surface area contributed by atoms with Crippen LogP contribution < -0.4 is 0 Å². The van der Waals surface area contributed by atoms with Gasteiger partial charge in [0.2, 0.25) is 0 Å². The van der Waals surface area contributed by atoms with Crippen LogP contribution in [0.3, 0.4) is 0 Å². The van der Waals surface area contributed by atoms with Gasteiger partial charge >= 0.3 is 0 Å². The zero-order valence-corrected chi connectivity index (χ0v) is 15.1. The van der Waals surface area contributed by atoms with Gasteiger partial charge in [0.25, 0.3) is 0 Å². The first-order valence-electron chi connectivity index (χ1n) is 9.12. The second-order valence-corrected chi connectivity index (χ2v) is 7.22. The SMILES string of the molecule is CCN1CC[C@@H](C(O)c2ccc(C)cc2)[C@@H](c2ccc(C)cc2)C1. The van der Waals surface area contributed by atoms with Gasteiger partial charge in [0.1, 0.15) is 0 Å². The first kappa shape index (κ1) is 17.2. The summed E-state index contributed by atoms with van der Waals surface area (Å²) in [6, 6.07) is 17.2. The number of aliphatic hydroxyl groups excluding tert-OH is 1. The van der Waals surface area contributed by atoms with Crippen LogP contribution in [0.25, 0.3) is 0 Å². The second kappa shape index (κ2) is 7.50. The van der Waals surface area contributed by atoms with Crippen LogP contribution in [0.2, 0.25) is 0 Å². The fourth-order valence-electron chi connectivity index (χ4n) is 3.88. The standard InChI is InChI=1S/C22H29NO/c1-4-23-14-13-20(22(24)19-11-7-17(3)8-12-19)21(15-23)18-9-5-16(2)6-10-18/h5-12,20-22,24H,4,13-15H2,1-3H3/t20-,21-,22?/m1/s1. The Kier molecular flexibility index (Phi) is 5.37. The molecule has 0 spiro atoms. The number of benzene rings is 2. The topological polar surface area (TPSA) is 23.5 Å². The first-order valence-corrected chi connectivity index (χ1v) is 9.12. The van der Waals surface area contributed by atoms with Crippen molar-refractivity contribution in [1.82, 2.24) is 4.90 Å². The minimum atomic E-state index is -0.393. The highest BCUT2D eigenvalue weighted by Gasteiger charge is 2.35. The molecule has 3 rings (SSSR count). The predicted octanol–water partition coefficient (Wildman–Crippen LogP) is 4.46. The van der Waals surface area contributed by atoms with Gasteiger partial charge < -0.3 is 10.0 Å². The Labute approximate surface area is 146 Å². The van der Waals surface area contributed by atoms with E-state index in [0.29, 0.717) is 5.92 Å². The van der Waals surface area contributed by atoms with Crippen molar-refractivity contribution < 1.29 is 5.11 Å². The molecule has 0 amide bonds. The van der Waals surface area contributed by atoms with Crippen LogP contribution in [-0.2, 0) is 0 Å². The third-order valence-electron chi connectivity index (χ3n) is 5.53. The summed E-state index contributed by atoms with van der Waals surface area (Å²) in [5.74, 6) is 0.661. The minimum Gasteiger partial charge on any atom is -0.388 e. The molecule has 1 saturated heterocycles. The number of hydrogen-bond donors (Lipinski definition) is 1. The maximum absolute atomic E-state index is 11.1. The van der Waals surface area contributed by atoms with Crippen LogP contribution in [0.15, 0.2) is 48.5 Å². The van der Waals surface area contributed by atoms with Gasteiger partial charge in [0, 0.05) is 12.5 Å². The van der Waals surface area contributed by atoms with E-state index in [9.17, 15) is 5.11 Å². The Morgan fingerprint density at radius 3 is 2.17 bits per heavy atom. The molecule has 0 radical (unpaired) electrons. The van der Waals surface area contributed by atoms with Crippen molar-refractivity contribution in [2.45, 2.75) is 39.2 Å². The summed E-state index contributed by atoms with van der Waals surface area (Å²) in [7, 11) is 0. The molecular weight excluding hydrogens is 294 g/mol. The Hall–Kier alpha value is -1.64. The normalized spacial score (nSPS) is 23.2. The van der Waals surface area contributed by atoms with Crippen LogP contribution >= 0.6 is 0 Å². The molecule has 0 aliphatic carbocycles. The smallest absolute Gasteiger partial charge is 0.0825 e. The lowest BCUT2D eigenvalue weighted by molar-refractivity contribution is 0.0438. The minimum absolute atomic E-state index is 0.276. The van der Waals surface area contributed by atoms with E-state index in [2.05, 4.69) is 74.2 Å². The molecule has 1 unspecified atom stereocenters. The summed E-state index contributed by atoms with van der Waals surface area (Å²) in [5.41, 5.74) is 4.93. The van der Waals surface area contributed by atoms with E-state index in [4.69, 9.17) is 0 Å². The number of aryl methyl sites for hydroxylation is 2. The summed E-state index contributed by atoms with van der Waals surface area (Å²) in [5, 5.41) is 11.1. The van der Waals surface area contributed by atoms with Crippen LogP contribution in [0.5, 0.6) is 0 Å². The average Bonchev–Trinajstić information content (AvgIpc) is 2.62. The fraction of sp³-hybridized carbons (Fsp3) is 0.455. The van der Waals surface area contributed by atoms with Gasteiger partial charge in [-0.3, -0.25) is 0 Å². The molecule has 3 atom stereocenters. The largest absolute Gasteiger partial charge is 0.388 e. The van der Waals surface area contributed by atoms with Crippen LogP contribution in [0.4, 0.5) is 0 Å². The molecule has 0 saturated carbocycles. The summed E-state index contributed by atoms with van der Waals surface area (Å²) in [6.45, 7) is 9.63. The summed E-state index contributed by atoms with van der Waals surface area (Å²) in [6.07, 6.45) is 0.650. The maximum atomic E-state index is 11.1. The highest BCUT2D eigenvalue weighted by molar-refractivity contribution is 5.29. The lowest BCUT2D eigenvalue weighted by Gasteiger charge is -2.40. The van der Waals surface area contributed by atoms with Gasteiger partial charge in [0.15, 0.2) is 0 Å². The van der Waals surface area contributed by atoms with Gasteiger partial charge in [-0.15, -0.1) is 0 Å². The van der Waals surface area contributed by atoms with Gasteiger partial charge in [-0.05, 0) is 50.4 Å². The molecule has 0 bridgehead atoms. The third-order valence-corrected chi connectivity index (χ3v) is 5.53. The molecule has 2 heteroatoms. The Bertz CT molecular complexity index is 647. The molecule has 2 aromatic rings.